The topological polar surface area (TPSA) is 81.4 Å². The van der Waals surface area contributed by atoms with Crippen molar-refractivity contribution < 1.29 is 14.3 Å². The predicted octanol–water partition coefficient (Wildman–Crippen LogP) is 4.40. The molecule has 25 heavy (non-hydrogen) atoms. The Balaban J connectivity index is 2.07. The van der Waals surface area contributed by atoms with Crippen LogP contribution in [0.15, 0.2) is 48.5 Å². The molecular weight excluding hydrogens is 363 g/mol. The van der Waals surface area contributed by atoms with Crippen molar-refractivity contribution in [1.29, 1.82) is 0 Å². The van der Waals surface area contributed by atoms with Gasteiger partial charge in [-0.2, -0.15) is 0 Å². The zero-order valence-electron chi connectivity index (χ0n) is 13.5. The molecule has 7 heteroatoms. The van der Waals surface area contributed by atoms with E-state index in [1.165, 1.54) is 0 Å². The number of halogens is 2. The van der Waals surface area contributed by atoms with E-state index in [4.69, 9.17) is 33.7 Å². The Morgan fingerprint density at radius 3 is 2.36 bits per heavy atom. The molecule has 2 aromatic rings. The number of esters is 1. The number of ether oxygens (including phenoxy) is 1. The Morgan fingerprint density at radius 1 is 1.12 bits per heavy atom. The minimum absolute atomic E-state index is 0.0701. The van der Waals surface area contributed by atoms with Crippen molar-refractivity contribution in [1.82, 2.24) is 5.32 Å². The standard InChI is InChI=1S/C18H18Cl2N2O3/c1-11(14-4-2-3-5-15(14)20)25-17(23)10-16(22-18(21)24)12-6-8-13(19)9-7-12/h2-9,11,16H,10H2,1H3,(H3,21,22,24)/t11-,16+/m1/s1. The third kappa shape index (κ3) is 5.66. The van der Waals surface area contributed by atoms with Crippen molar-refractivity contribution in [2.24, 2.45) is 5.73 Å². The normalized spacial score (nSPS) is 12.9. The second kappa shape index (κ2) is 8.74. The molecule has 2 aromatic carbocycles. The van der Waals surface area contributed by atoms with Gasteiger partial charge in [0.05, 0.1) is 12.5 Å². The molecular formula is C18H18Cl2N2O3. The maximum Gasteiger partial charge on any atom is 0.312 e. The minimum Gasteiger partial charge on any atom is -0.458 e. The number of carbonyl (C=O) groups is 2. The number of hydrogen-bond donors (Lipinski definition) is 2. The zero-order chi connectivity index (χ0) is 18.4. The average molecular weight is 381 g/mol. The molecule has 0 radical (unpaired) electrons. The first-order valence-electron chi connectivity index (χ1n) is 7.62. The first kappa shape index (κ1) is 19.1. The molecule has 0 aromatic heterocycles. The van der Waals surface area contributed by atoms with Crippen LogP contribution in [0.2, 0.25) is 10.0 Å². The molecule has 0 bridgehead atoms. The van der Waals surface area contributed by atoms with E-state index in [0.29, 0.717) is 21.2 Å². The van der Waals surface area contributed by atoms with E-state index in [1.54, 1.807) is 49.4 Å². The lowest BCUT2D eigenvalue weighted by Gasteiger charge is -2.20. The molecule has 2 amide bonds. The van der Waals surface area contributed by atoms with Crippen molar-refractivity contribution >= 4 is 35.2 Å². The van der Waals surface area contributed by atoms with E-state index in [-0.39, 0.29) is 6.42 Å². The van der Waals surface area contributed by atoms with Crippen molar-refractivity contribution in [3.8, 4) is 0 Å². The molecule has 3 N–H and O–H groups in total. The summed E-state index contributed by atoms with van der Waals surface area (Å²) in [6.07, 6.45) is -0.583. The number of nitrogens with two attached hydrogens (primary N) is 1. The number of nitrogens with one attached hydrogen (secondary N) is 1. The summed E-state index contributed by atoms with van der Waals surface area (Å²) in [5, 5.41) is 3.61. The van der Waals surface area contributed by atoms with Gasteiger partial charge in [0.25, 0.3) is 0 Å². The van der Waals surface area contributed by atoms with Gasteiger partial charge in [-0.3, -0.25) is 4.79 Å². The fraction of sp³-hybridized carbons (Fsp3) is 0.222. The van der Waals surface area contributed by atoms with Crippen molar-refractivity contribution in [2.75, 3.05) is 0 Å². The predicted molar refractivity (Wildman–Crippen MR) is 97.5 cm³/mol. The quantitative estimate of drug-likeness (QED) is 0.728. The van der Waals surface area contributed by atoms with Crippen molar-refractivity contribution in [3.05, 3.63) is 69.7 Å². The van der Waals surface area contributed by atoms with Gasteiger partial charge in [0.15, 0.2) is 0 Å². The van der Waals surface area contributed by atoms with Crippen LogP contribution in [0.25, 0.3) is 0 Å². The van der Waals surface area contributed by atoms with Crippen LogP contribution in [0.3, 0.4) is 0 Å². The van der Waals surface area contributed by atoms with Gasteiger partial charge in [0.1, 0.15) is 6.10 Å². The number of primary amides is 1. The highest BCUT2D eigenvalue weighted by Crippen LogP contribution is 2.27. The van der Waals surface area contributed by atoms with Crippen LogP contribution in [0.1, 0.15) is 36.6 Å². The fourth-order valence-electron chi connectivity index (χ4n) is 2.40. The van der Waals surface area contributed by atoms with Crippen LogP contribution in [0.4, 0.5) is 4.79 Å². The lowest BCUT2D eigenvalue weighted by Crippen LogP contribution is -2.34. The van der Waals surface area contributed by atoms with Gasteiger partial charge in [-0.25, -0.2) is 4.79 Å². The van der Waals surface area contributed by atoms with Crippen molar-refractivity contribution in [3.63, 3.8) is 0 Å². The van der Waals surface area contributed by atoms with Gasteiger partial charge in [-0.05, 0) is 30.7 Å². The van der Waals surface area contributed by atoms with E-state index in [2.05, 4.69) is 5.32 Å². The molecule has 2 rings (SSSR count). The fourth-order valence-corrected chi connectivity index (χ4v) is 2.81. The summed E-state index contributed by atoms with van der Waals surface area (Å²) in [5.41, 5.74) is 6.61. The number of rotatable bonds is 6. The zero-order valence-corrected chi connectivity index (χ0v) is 15.1. The summed E-state index contributed by atoms with van der Waals surface area (Å²) in [5.74, 6) is -0.485. The van der Waals surface area contributed by atoms with Gasteiger partial charge >= 0.3 is 12.0 Å². The molecule has 0 aliphatic heterocycles. The molecule has 0 fully saturated rings. The van der Waals surface area contributed by atoms with E-state index in [0.717, 1.165) is 0 Å². The molecule has 0 aliphatic rings. The third-order valence-corrected chi connectivity index (χ3v) is 4.21. The number of urea groups is 1. The Bertz CT molecular complexity index is 750. The molecule has 5 nitrogen and oxygen atoms in total. The Morgan fingerprint density at radius 2 is 1.76 bits per heavy atom. The SMILES string of the molecule is C[C@@H](OC(=O)C[C@H](NC(N)=O)c1ccc(Cl)cc1)c1ccccc1Cl. The molecule has 0 spiro atoms. The summed E-state index contributed by atoms with van der Waals surface area (Å²) in [4.78, 5) is 23.5. The number of benzene rings is 2. The monoisotopic (exact) mass is 380 g/mol. The largest absolute Gasteiger partial charge is 0.458 e. The van der Waals surface area contributed by atoms with E-state index >= 15 is 0 Å². The highest BCUT2D eigenvalue weighted by atomic mass is 35.5. The Labute approximate surface area is 156 Å². The smallest absolute Gasteiger partial charge is 0.312 e. The summed E-state index contributed by atoms with van der Waals surface area (Å²) in [6, 6.07) is 12.6. The molecule has 0 unspecified atom stereocenters. The van der Waals surface area contributed by atoms with Crippen LogP contribution >= 0.6 is 23.2 Å². The Hall–Kier alpha value is -2.24. The van der Waals surface area contributed by atoms with Crippen LogP contribution in [-0.2, 0) is 9.53 Å². The summed E-state index contributed by atoms with van der Waals surface area (Å²) < 4.78 is 5.43. The lowest BCUT2D eigenvalue weighted by molar-refractivity contribution is -0.149. The number of carbonyl (C=O) groups excluding carboxylic acids is 2. The lowest BCUT2D eigenvalue weighted by atomic mass is 10.0. The molecule has 2 atom stereocenters. The molecule has 0 heterocycles. The van der Waals surface area contributed by atoms with Gasteiger partial charge in [-0.1, -0.05) is 53.5 Å². The van der Waals surface area contributed by atoms with Crippen LogP contribution in [-0.4, -0.2) is 12.0 Å². The second-order valence-electron chi connectivity index (χ2n) is 5.47. The van der Waals surface area contributed by atoms with Crippen LogP contribution in [0, 0.1) is 0 Å². The van der Waals surface area contributed by atoms with E-state index in [9.17, 15) is 9.59 Å². The van der Waals surface area contributed by atoms with Crippen LogP contribution < -0.4 is 11.1 Å². The average Bonchev–Trinajstić information content (AvgIpc) is 2.54. The summed E-state index contributed by atoms with van der Waals surface area (Å²) >= 11 is 12.0. The summed E-state index contributed by atoms with van der Waals surface area (Å²) in [6.45, 7) is 1.73. The van der Waals surface area contributed by atoms with Crippen LogP contribution in [0.5, 0.6) is 0 Å². The first-order chi connectivity index (χ1) is 11.9. The third-order valence-electron chi connectivity index (χ3n) is 3.61. The van der Waals surface area contributed by atoms with E-state index < -0.39 is 24.1 Å². The molecule has 0 aliphatic carbocycles. The van der Waals surface area contributed by atoms with E-state index in [1.807, 2.05) is 6.07 Å². The highest BCUT2D eigenvalue weighted by molar-refractivity contribution is 6.31. The Kier molecular flexibility index (Phi) is 6.67. The number of hydrogen-bond acceptors (Lipinski definition) is 3. The highest BCUT2D eigenvalue weighted by Gasteiger charge is 2.21. The molecule has 0 saturated heterocycles. The molecule has 132 valence electrons. The van der Waals surface area contributed by atoms with Gasteiger partial charge in [0, 0.05) is 15.6 Å². The van der Waals surface area contributed by atoms with Gasteiger partial charge in [-0.15, -0.1) is 0 Å². The van der Waals surface area contributed by atoms with Gasteiger partial charge in [0.2, 0.25) is 0 Å². The first-order valence-corrected chi connectivity index (χ1v) is 8.37. The number of amides is 2. The minimum atomic E-state index is -0.730. The van der Waals surface area contributed by atoms with Gasteiger partial charge < -0.3 is 15.8 Å². The van der Waals surface area contributed by atoms with Crippen molar-refractivity contribution in [2.45, 2.75) is 25.5 Å². The molecule has 0 saturated carbocycles. The summed E-state index contributed by atoms with van der Waals surface area (Å²) in [7, 11) is 0. The maximum absolute atomic E-state index is 12.3. The second-order valence-corrected chi connectivity index (χ2v) is 6.31. The maximum atomic E-state index is 12.3.